The van der Waals surface area contributed by atoms with Crippen LogP contribution in [0.3, 0.4) is 0 Å². The van der Waals surface area contributed by atoms with Gasteiger partial charge < -0.3 is 15.1 Å². The van der Waals surface area contributed by atoms with Gasteiger partial charge in [0.1, 0.15) is 0 Å². The smallest absolute Gasteiger partial charge is 0.251 e. The fraction of sp³-hybridized carbons (Fsp3) is 0.519. The van der Waals surface area contributed by atoms with Gasteiger partial charge in [0.25, 0.3) is 5.91 Å². The number of carbonyl (C=O) groups is 1. The number of carbonyl (C=O) groups excluding carboxylic acids is 1. The van der Waals surface area contributed by atoms with Gasteiger partial charge in [0.2, 0.25) is 0 Å². The monoisotopic (exact) mass is 419 g/mol. The molecule has 1 N–H and O–H groups in total. The number of benzene rings is 2. The van der Waals surface area contributed by atoms with Crippen molar-refractivity contribution in [2.24, 2.45) is 11.8 Å². The van der Waals surface area contributed by atoms with E-state index in [9.17, 15) is 4.79 Å². The lowest BCUT2D eigenvalue weighted by Crippen LogP contribution is -2.40. The molecule has 0 radical (unpaired) electrons. The van der Waals surface area contributed by atoms with Crippen LogP contribution in [-0.2, 0) is 13.0 Å². The molecular weight excluding hydrogens is 382 g/mol. The Hall–Kier alpha value is -2.33. The summed E-state index contributed by atoms with van der Waals surface area (Å²) in [5.41, 5.74) is 4.80. The molecule has 0 aliphatic carbocycles. The van der Waals surface area contributed by atoms with Crippen LogP contribution in [0, 0.1) is 11.8 Å². The predicted octanol–water partition coefficient (Wildman–Crippen LogP) is 4.74. The molecule has 2 aliphatic rings. The van der Waals surface area contributed by atoms with E-state index in [-0.39, 0.29) is 5.91 Å². The molecule has 166 valence electrons. The summed E-state index contributed by atoms with van der Waals surface area (Å²) in [6.45, 7) is 10.9. The number of aryl methyl sites for hydroxylation is 1. The Bertz CT molecular complexity index is 853. The second kappa shape index (κ2) is 10.3. The van der Waals surface area contributed by atoms with Gasteiger partial charge in [-0.3, -0.25) is 4.79 Å². The number of rotatable bonds is 7. The van der Waals surface area contributed by atoms with E-state index >= 15 is 0 Å². The third-order valence-corrected chi connectivity index (χ3v) is 6.68. The normalized spacial score (nSPS) is 21.5. The highest BCUT2D eigenvalue weighted by molar-refractivity contribution is 5.94. The van der Waals surface area contributed by atoms with Crippen LogP contribution in [0.2, 0.25) is 0 Å². The summed E-state index contributed by atoms with van der Waals surface area (Å²) in [7, 11) is 0. The van der Waals surface area contributed by atoms with Crippen molar-refractivity contribution in [3.05, 3.63) is 65.2 Å². The third-order valence-electron chi connectivity index (χ3n) is 6.68. The largest absolute Gasteiger partial charge is 0.367 e. The molecule has 2 aromatic rings. The van der Waals surface area contributed by atoms with Crippen molar-refractivity contribution in [1.82, 2.24) is 10.2 Å². The fourth-order valence-electron chi connectivity index (χ4n) is 5.34. The van der Waals surface area contributed by atoms with E-state index in [2.05, 4.69) is 65.4 Å². The number of para-hydroxylation sites is 1. The van der Waals surface area contributed by atoms with E-state index < -0.39 is 0 Å². The Kier molecular flexibility index (Phi) is 7.29. The van der Waals surface area contributed by atoms with Crippen LogP contribution in [-0.4, -0.2) is 43.5 Å². The summed E-state index contributed by atoms with van der Waals surface area (Å²) in [6, 6.07) is 16.8. The number of amides is 1. The minimum absolute atomic E-state index is 0.0373. The molecule has 2 heterocycles. The van der Waals surface area contributed by atoms with Crippen molar-refractivity contribution >= 4 is 11.6 Å². The van der Waals surface area contributed by atoms with E-state index in [0.717, 1.165) is 50.0 Å². The SMILES string of the molecule is C[C@@H]1C[C@@H](C)CN(CCCNC(=O)c2ccc(CN3CCCc4ccccc43)cc2)C1. The van der Waals surface area contributed by atoms with Crippen molar-refractivity contribution in [2.45, 2.75) is 46.1 Å². The van der Waals surface area contributed by atoms with Gasteiger partial charge in [-0.1, -0.05) is 44.2 Å². The van der Waals surface area contributed by atoms with Crippen molar-refractivity contribution in [1.29, 1.82) is 0 Å². The van der Waals surface area contributed by atoms with Crippen LogP contribution in [0.5, 0.6) is 0 Å². The molecule has 4 heteroatoms. The van der Waals surface area contributed by atoms with E-state index in [4.69, 9.17) is 0 Å². The number of fused-ring (bicyclic) bond motifs is 1. The molecule has 0 spiro atoms. The number of nitrogens with one attached hydrogen (secondary N) is 1. The quantitative estimate of drug-likeness (QED) is 0.659. The lowest BCUT2D eigenvalue weighted by Gasteiger charge is -2.34. The van der Waals surface area contributed by atoms with Gasteiger partial charge in [0.15, 0.2) is 0 Å². The van der Waals surface area contributed by atoms with E-state index in [1.807, 2.05) is 12.1 Å². The Balaban J connectivity index is 1.23. The standard InChI is InChI=1S/C27H37N3O/c1-21-17-22(2)19-29(18-21)15-6-14-28-27(31)25-12-10-23(11-13-25)20-30-16-5-8-24-7-3-4-9-26(24)30/h3-4,7,9-13,21-22H,5-6,8,14-20H2,1-2H3,(H,28,31)/t21-,22-/m1/s1. The number of likely N-dealkylation sites (tertiary alicyclic amines) is 1. The van der Waals surface area contributed by atoms with Gasteiger partial charge >= 0.3 is 0 Å². The van der Waals surface area contributed by atoms with Crippen LogP contribution in [0.25, 0.3) is 0 Å². The zero-order valence-electron chi connectivity index (χ0n) is 19.1. The van der Waals surface area contributed by atoms with Gasteiger partial charge in [-0.2, -0.15) is 0 Å². The summed E-state index contributed by atoms with van der Waals surface area (Å²) < 4.78 is 0. The molecule has 0 unspecified atom stereocenters. The second-order valence-corrected chi connectivity index (χ2v) is 9.67. The zero-order chi connectivity index (χ0) is 21.6. The van der Waals surface area contributed by atoms with Crippen molar-refractivity contribution in [2.75, 3.05) is 37.6 Å². The zero-order valence-corrected chi connectivity index (χ0v) is 19.1. The number of hydrogen-bond donors (Lipinski definition) is 1. The first-order valence-corrected chi connectivity index (χ1v) is 12.0. The highest BCUT2D eigenvalue weighted by atomic mass is 16.1. The number of anilines is 1. The summed E-state index contributed by atoms with van der Waals surface area (Å²) in [4.78, 5) is 17.5. The first-order valence-electron chi connectivity index (χ1n) is 12.0. The van der Waals surface area contributed by atoms with Crippen molar-refractivity contribution < 1.29 is 4.79 Å². The maximum absolute atomic E-state index is 12.5. The van der Waals surface area contributed by atoms with E-state index in [1.54, 1.807) is 0 Å². The molecule has 31 heavy (non-hydrogen) atoms. The van der Waals surface area contributed by atoms with Crippen LogP contribution >= 0.6 is 0 Å². The Morgan fingerprint density at radius 3 is 2.55 bits per heavy atom. The fourth-order valence-corrected chi connectivity index (χ4v) is 5.34. The lowest BCUT2D eigenvalue weighted by molar-refractivity contribution is 0.0947. The maximum Gasteiger partial charge on any atom is 0.251 e. The van der Waals surface area contributed by atoms with Gasteiger partial charge in [0.05, 0.1) is 0 Å². The highest BCUT2D eigenvalue weighted by Crippen LogP contribution is 2.28. The summed E-state index contributed by atoms with van der Waals surface area (Å²) in [6.07, 6.45) is 4.72. The topological polar surface area (TPSA) is 35.6 Å². The minimum atomic E-state index is 0.0373. The summed E-state index contributed by atoms with van der Waals surface area (Å²) in [5.74, 6) is 1.61. The summed E-state index contributed by atoms with van der Waals surface area (Å²) >= 11 is 0. The van der Waals surface area contributed by atoms with Crippen LogP contribution < -0.4 is 10.2 Å². The Morgan fingerprint density at radius 2 is 1.77 bits per heavy atom. The van der Waals surface area contributed by atoms with Gasteiger partial charge in [-0.25, -0.2) is 0 Å². The van der Waals surface area contributed by atoms with Crippen molar-refractivity contribution in [3.63, 3.8) is 0 Å². The second-order valence-electron chi connectivity index (χ2n) is 9.67. The van der Waals surface area contributed by atoms with Gasteiger partial charge in [-0.15, -0.1) is 0 Å². The molecule has 4 nitrogen and oxygen atoms in total. The highest BCUT2D eigenvalue weighted by Gasteiger charge is 2.21. The van der Waals surface area contributed by atoms with E-state index in [1.165, 1.54) is 49.2 Å². The molecule has 4 rings (SSSR count). The first-order chi connectivity index (χ1) is 15.1. The first kappa shape index (κ1) is 21.9. The molecular formula is C27H37N3O. The number of nitrogens with zero attached hydrogens (tertiary/aromatic N) is 2. The molecule has 1 saturated heterocycles. The lowest BCUT2D eigenvalue weighted by atomic mass is 9.92. The van der Waals surface area contributed by atoms with Crippen LogP contribution in [0.4, 0.5) is 5.69 Å². The molecule has 1 fully saturated rings. The number of piperidine rings is 1. The minimum Gasteiger partial charge on any atom is -0.367 e. The maximum atomic E-state index is 12.5. The molecule has 0 bridgehead atoms. The predicted molar refractivity (Wildman–Crippen MR) is 129 cm³/mol. The van der Waals surface area contributed by atoms with Crippen molar-refractivity contribution in [3.8, 4) is 0 Å². The average Bonchev–Trinajstić information content (AvgIpc) is 2.77. The summed E-state index contributed by atoms with van der Waals surface area (Å²) in [5, 5.41) is 3.10. The van der Waals surface area contributed by atoms with Crippen LogP contribution in [0.15, 0.2) is 48.5 Å². The molecule has 2 atom stereocenters. The Morgan fingerprint density at radius 1 is 1.03 bits per heavy atom. The molecule has 2 aromatic carbocycles. The van der Waals surface area contributed by atoms with E-state index in [0.29, 0.717) is 0 Å². The average molecular weight is 420 g/mol. The Labute approximate surface area is 187 Å². The molecule has 1 amide bonds. The molecule has 0 aromatic heterocycles. The van der Waals surface area contributed by atoms with Gasteiger partial charge in [0, 0.05) is 44.0 Å². The third kappa shape index (κ3) is 5.88. The van der Waals surface area contributed by atoms with Gasteiger partial charge in [-0.05, 0) is 73.4 Å². The molecule has 0 saturated carbocycles. The van der Waals surface area contributed by atoms with Crippen LogP contribution in [0.1, 0.15) is 54.6 Å². The molecule has 2 aliphatic heterocycles. The number of hydrogen-bond acceptors (Lipinski definition) is 3.